The predicted molar refractivity (Wildman–Crippen MR) is 64.2 cm³/mol. The summed E-state index contributed by atoms with van der Waals surface area (Å²) in [7, 11) is 0. The zero-order valence-electron chi connectivity index (χ0n) is 9.69. The van der Waals surface area contributed by atoms with Gasteiger partial charge in [-0.2, -0.15) is 0 Å². The molecule has 16 heavy (non-hydrogen) atoms. The Bertz CT molecular complexity index is 355. The van der Waals surface area contributed by atoms with Gasteiger partial charge in [-0.3, -0.25) is 0 Å². The van der Waals surface area contributed by atoms with E-state index in [0.29, 0.717) is 6.54 Å². The van der Waals surface area contributed by atoms with Crippen LogP contribution in [0.1, 0.15) is 25.3 Å². The molecule has 0 amide bonds. The zero-order valence-corrected chi connectivity index (χ0v) is 9.69. The van der Waals surface area contributed by atoms with E-state index in [1.807, 2.05) is 19.1 Å². The van der Waals surface area contributed by atoms with E-state index in [0.717, 1.165) is 37.3 Å². The van der Waals surface area contributed by atoms with Gasteiger partial charge in [0.05, 0.1) is 5.60 Å². The minimum atomic E-state index is -0.512. The lowest BCUT2D eigenvalue weighted by molar-refractivity contribution is 0.0350. The smallest absolute Gasteiger partial charge is 0.128 e. The third-order valence-electron chi connectivity index (χ3n) is 3.21. The summed E-state index contributed by atoms with van der Waals surface area (Å²) in [6.45, 7) is 4.15. The maximum absolute atomic E-state index is 9.87. The average molecular weight is 221 g/mol. The van der Waals surface area contributed by atoms with E-state index >= 15 is 0 Å². The molecule has 0 bridgehead atoms. The van der Waals surface area contributed by atoms with Gasteiger partial charge in [0.25, 0.3) is 0 Å². The molecule has 1 aliphatic heterocycles. The molecule has 0 aromatic carbocycles. The number of pyridine rings is 1. The Hall–Kier alpha value is -1.13. The second-order valence-electron chi connectivity index (χ2n) is 4.71. The molecule has 2 heterocycles. The Labute approximate surface area is 96.1 Å². The van der Waals surface area contributed by atoms with Crippen molar-refractivity contribution in [1.82, 2.24) is 4.98 Å². The van der Waals surface area contributed by atoms with Crippen LogP contribution >= 0.6 is 0 Å². The molecule has 0 unspecified atom stereocenters. The Morgan fingerprint density at radius 2 is 2.19 bits per heavy atom. The van der Waals surface area contributed by atoms with Crippen LogP contribution < -0.4 is 10.6 Å². The topological polar surface area (TPSA) is 62.4 Å². The molecule has 1 saturated heterocycles. The highest BCUT2D eigenvalue weighted by atomic mass is 16.3. The lowest BCUT2D eigenvalue weighted by atomic mass is 9.94. The molecular weight excluding hydrogens is 202 g/mol. The van der Waals surface area contributed by atoms with Crippen molar-refractivity contribution < 1.29 is 5.11 Å². The van der Waals surface area contributed by atoms with Crippen LogP contribution in [-0.2, 0) is 6.54 Å². The Morgan fingerprint density at radius 3 is 2.81 bits per heavy atom. The van der Waals surface area contributed by atoms with Crippen LogP contribution in [-0.4, -0.2) is 28.8 Å². The van der Waals surface area contributed by atoms with Gasteiger partial charge in [-0.1, -0.05) is 0 Å². The number of aromatic nitrogens is 1. The van der Waals surface area contributed by atoms with Crippen molar-refractivity contribution in [3.05, 3.63) is 23.9 Å². The van der Waals surface area contributed by atoms with Gasteiger partial charge >= 0.3 is 0 Å². The molecule has 0 aliphatic carbocycles. The van der Waals surface area contributed by atoms with Gasteiger partial charge in [-0.15, -0.1) is 0 Å². The molecular formula is C12H19N3O. The molecule has 3 N–H and O–H groups in total. The fraction of sp³-hybridized carbons (Fsp3) is 0.583. The van der Waals surface area contributed by atoms with E-state index in [1.54, 1.807) is 6.20 Å². The lowest BCUT2D eigenvalue weighted by Gasteiger charge is -2.36. The number of hydrogen-bond donors (Lipinski definition) is 2. The number of rotatable bonds is 2. The molecule has 88 valence electrons. The molecule has 0 radical (unpaired) electrons. The molecule has 4 nitrogen and oxygen atoms in total. The molecule has 0 spiro atoms. The van der Waals surface area contributed by atoms with E-state index in [9.17, 15) is 5.11 Å². The van der Waals surface area contributed by atoms with Gasteiger partial charge in [0.15, 0.2) is 0 Å². The Balaban J connectivity index is 2.08. The Kier molecular flexibility index (Phi) is 3.12. The van der Waals surface area contributed by atoms with E-state index in [4.69, 9.17) is 5.73 Å². The standard InChI is InChI=1S/C12H19N3O/c1-12(16)3-6-15(7-4-12)11-8-10(9-13)2-5-14-11/h2,5,8,16H,3-4,6-7,9,13H2,1H3. The lowest BCUT2D eigenvalue weighted by Crippen LogP contribution is -2.42. The van der Waals surface area contributed by atoms with Crippen LogP contribution in [0, 0.1) is 0 Å². The van der Waals surface area contributed by atoms with Crippen molar-refractivity contribution in [2.75, 3.05) is 18.0 Å². The summed E-state index contributed by atoms with van der Waals surface area (Å²) in [6, 6.07) is 3.96. The fourth-order valence-electron chi connectivity index (χ4n) is 1.98. The quantitative estimate of drug-likeness (QED) is 0.778. The van der Waals surface area contributed by atoms with Crippen molar-refractivity contribution in [3.63, 3.8) is 0 Å². The SMILES string of the molecule is CC1(O)CCN(c2cc(CN)ccn2)CC1. The molecule has 0 saturated carbocycles. The Morgan fingerprint density at radius 1 is 1.50 bits per heavy atom. The van der Waals surface area contributed by atoms with Gasteiger partial charge in [0, 0.05) is 25.8 Å². The summed E-state index contributed by atoms with van der Waals surface area (Å²) in [5.74, 6) is 0.971. The van der Waals surface area contributed by atoms with Crippen LogP contribution in [0.5, 0.6) is 0 Å². The first-order chi connectivity index (χ1) is 7.61. The first kappa shape index (κ1) is 11.4. The minimum Gasteiger partial charge on any atom is -0.390 e. The number of anilines is 1. The van der Waals surface area contributed by atoms with E-state index < -0.39 is 5.60 Å². The second kappa shape index (κ2) is 4.39. The number of piperidine rings is 1. The van der Waals surface area contributed by atoms with Crippen molar-refractivity contribution in [2.45, 2.75) is 31.9 Å². The van der Waals surface area contributed by atoms with Crippen LogP contribution in [0.3, 0.4) is 0 Å². The van der Waals surface area contributed by atoms with E-state index in [2.05, 4.69) is 9.88 Å². The van der Waals surface area contributed by atoms with Gasteiger partial charge in [-0.25, -0.2) is 4.98 Å². The predicted octanol–water partition coefficient (Wildman–Crippen LogP) is 0.891. The second-order valence-corrected chi connectivity index (χ2v) is 4.71. The molecule has 2 rings (SSSR count). The van der Waals surface area contributed by atoms with E-state index in [-0.39, 0.29) is 0 Å². The molecule has 4 heteroatoms. The van der Waals surface area contributed by atoms with Gasteiger partial charge < -0.3 is 15.7 Å². The third-order valence-corrected chi connectivity index (χ3v) is 3.21. The maximum atomic E-state index is 9.87. The fourth-order valence-corrected chi connectivity index (χ4v) is 1.98. The molecule has 0 atom stereocenters. The highest BCUT2D eigenvalue weighted by Gasteiger charge is 2.27. The molecule has 1 aromatic rings. The van der Waals surface area contributed by atoms with Gasteiger partial charge in [0.2, 0.25) is 0 Å². The third kappa shape index (κ3) is 2.51. The highest BCUT2D eigenvalue weighted by Crippen LogP contribution is 2.24. The summed E-state index contributed by atoms with van der Waals surface area (Å²) in [4.78, 5) is 6.55. The number of aliphatic hydroxyl groups is 1. The number of hydrogen-bond acceptors (Lipinski definition) is 4. The first-order valence-electron chi connectivity index (χ1n) is 5.73. The van der Waals surface area contributed by atoms with Crippen LogP contribution in [0.4, 0.5) is 5.82 Å². The summed E-state index contributed by atoms with van der Waals surface area (Å²) in [6.07, 6.45) is 3.38. The van der Waals surface area contributed by atoms with Crippen molar-refractivity contribution >= 4 is 5.82 Å². The highest BCUT2D eigenvalue weighted by molar-refractivity contribution is 5.41. The van der Waals surface area contributed by atoms with Crippen molar-refractivity contribution in [2.24, 2.45) is 5.73 Å². The maximum Gasteiger partial charge on any atom is 0.128 e. The summed E-state index contributed by atoms with van der Waals surface area (Å²) < 4.78 is 0. The average Bonchev–Trinajstić information content (AvgIpc) is 2.29. The van der Waals surface area contributed by atoms with Crippen LogP contribution in [0.15, 0.2) is 18.3 Å². The van der Waals surface area contributed by atoms with Crippen molar-refractivity contribution in [1.29, 1.82) is 0 Å². The van der Waals surface area contributed by atoms with Crippen LogP contribution in [0.2, 0.25) is 0 Å². The first-order valence-corrected chi connectivity index (χ1v) is 5.73. The monoisotopic (exact) mass is 221 g/mol. The largest absolute Gasteiger partial charge is 0.390 e. The summed E-state index contributed by atoms with van der Waals surface area (Å²) in [5.41, 5.74) is 6.19. The normalized spacial score (nSPS) is 19.8. The molecule has 1 aromatic heterocycles. The number of nitrogens with zero attached hydrogens (tertiary/aromatic N) is 2. The minimum absolute atomic E-state index is 0.512. The number of nitrogens with two attached hydrogens (primary N) is 1. The zero-order chi connectivity index (χ0) is 11.6. The van der Waals surface area contributed by atoms with E-state index in [1.165, 1.54) is 0 Å². The van der Waals surface area contributed by atoms with Gasteiger partial charge in [0.1, 0.15) is 5.82 Å². The van der Waals surface area contributed by atoms with Crippen molar-refractivity contribution in [3.8, 4) is 0 Å². The summed E-state index contributed by atoms with van der Waals surface area (Å²) >= 11 is 0. The van der Waals surface area contributed by atoms with Gasteiger partial charge in [-0.05, 0) is 37.5 Å². The molecule has 1 fully saturated rings. The molecule has 1 aliphatic rings. The van der Waals surface area contributed by atoms with Crippen LogP contribution in [0.25, 0.3) is 0 Å². The summed E-state index contributed by atoms with van der Waals surface area (Å²) in [5, 5.41) is 9.87.